The number of ether oxygens (including phenoxy) is 2. The summed E-state index contributed by atoms with van der Waals surface area (Å²) >= 11 is 0. The molecule has 0 aliphatic carbocycles. The molecule has 0 aromatic heterocycles. The highest BCUT2D eigenvalue weighted by Gasteiger charge is 2.18. The van der Waals surface area contributed by atoms with E-state index in [0.29, 0.717) is 43.2 Å². The normalized spacial score (nSPS) is 14.0. The van der Waals surface area contributed by atoms with Crippen molar-refractivity contribution in [3.63, 3.8) is 0 Å². The SMILES string of the molecule is COc1cc2ccccc2cc1C(=O)N/N=C/c1cc([N+](=O)[O-])ccc1N1CCOCC1. The van der Waals surface area contributed by atoms with Gasteiger partial charge in [-0.3, -0.25) is 14.9 Å². The molecule has 1 N–H and O–H groups in total. The number of hydrogen-bond donors (Lipinski definition) is 1. The van der Waals surface area contributed by atoms with E-state index in [-0.39, 0.29) is 5.69 Å². The van der Waals surface area contributed by atoms with Crippen molar-refractivity contribution in [1.82, 2.24) is 5.43 Å². The Morgan fingerprint density at radius 2 is 1.88 bits per heavy atom. The van der Waals surface area contributed by atoms with Crippen LogP contribution in [0.25, 0.3) is 10.8 Å². The Kier molecular flexibility index (Phi) is 6.27. The number of nitrogens with zero attached hydrogens (tertiary/aromatic N) is 3. The number of nitro benzene ring substituents is 1. The van der Waals surface area contributed by atoms with E-state index in [2.05, 4.69) is 15.4 Å². The van der Waals surface area contributed by atoms with Crippen molar-refractivity contribution in [2.24, 2.45) is 5.10 Å². The van der Waals surface area contributed by atoms with Gasteiger partial charge in [0.05, 0.1) is 37.0 Å². The molecular weight excluding hydrogens is 412 g/mol. The summed E-state index contributed by atoms with van der Waals surface area (Å²) in [7, 11) is 1.50. The van der Waals surface area contributed by atoms with E-state index in [1.807, 2.05) is 24.3 Å². The number of carbonyl (C=O) groups excluding carboxylic acids is 1. The van der Waals surface area contributed by atoms with Crippen LogP contribution in [-0.2, 0) is 4.74 Å². The molecule has 1 amide bonds. The van der Waals surface area contributed by atoms with Crippen LogP contribution in [0, 0.1) is 10.1 Å². The summed E-state index contributed by atoms with van der Waals surface area (Å²) in [5.74, 6) is -0.0111. The summed E-state index contributed by atoms with van der Waals surface area (Å²) in [5, 5.41) is 17.2. The summed E-state index contributed by atoms with van der Waals surface area (Å²) in [6.07, 6.45) is 1.42. The molecule has 3 aromatic rings. The maximum Gasteiger partial charge on any atom is 0.275 e. The smallest absolute Gasteiger partial charge is 0.275 e. The Labute approximate surface area is 184 Å². The summed E-state index contributed by atoms with van der Waals surface area (Å²) < 4.78 is 10.8. The van der Waals surface area contributed by atoms with Crippen molar-refractivity contribution >= 4 is 34.3 Å². The van der Waals surface area contributed by atoms with E-state index < -0.39 is 10.8 Å². The van der Waals surface area contributed by atoms with Crippen LogP contribution in [0.5, 0.6) is 5.75 Å². The van der Waals surface area contributed by atoms with Gasteiger partial charge in [0.2, 0.25) is 0 Å². The fourth-order valence-corrected chi connectivity index (χ4v) is 3.64. The fraction of sp³-hybridized carbons (Fsp3) is 0.217. The highest BCUT2D eigenvalue weighted by Crippen LogP contribution is 2.27. The zero-order chi connectivity index (χ0) is 22.5. The van der Waals surface area contributed by atoms with Crippen LogP contribution in [0.1, 0.15) is 15.9 Å². The first-order valence-corrected chi connectivity index (χ1v) is 10.1. The van der Waals surface area contributed by atoms with Gasteiger partial charge in [0, 0.05) is 36.5 Å². The third-order valence-corrected chi connectivity index (χ3v) is 5.26. The van der Waals surface area contributed by atoms with Gasteiger partial charge in [0.1, 0.15) is 5.75 Å². The van der Waals surface area contributed by atoms with E-state index >= 15 is 0 Å². The zero-order valence-corrected chi connectivity index (χ0v) is 17.5. The van der Waals surface area contributed by atoms with Gasteiger partial charge in [-0.05, 0) is 29.0 Å². The number of nitrogens with one attached hydrogen (secondary N) is 1. The van der Waals surface area contributed by atoms with Crippen LogP contribution in [0.2, 0.25) is 0 Å². The molecule has 1 fully saturated rings. The number of hydrogen-bond acceptors (Lipinski definition) is 7. The van der Waals surface area contributed by atoms with Gasteiger partial charge in [-0.1, -0.05) is 24.3 Å². The lowest BCUT2D eigenvalue weighted by atomic mass is 10.1. The van der Waals surface area contributed by atoms with Crippen LogP contribution in [0.4, 0.5) is 11.4 Å². The third-order valence-electron chi connectivity index (χ3n) is 5.26. The molecule has 9 nitrogen and oxygen atoms in total. The second kappa shape index (κ2) is 9.44. The predicted octanol–water partition coefficient (Wildman–Crippen LogP) is 3.36. The Balaban J connectivity index is 1.59. The molecule has 3 aromatic carbocycles. The maximum atomic E-state index is 12.8. The van der Waals surface area contributed by atoms with E-state index in [9.17, 15) is 14.9 Å². The minimum Gasteiger partial charge on any atom is -0.496 e. The van der Waals surface area contributed by atoms with Gasteiger partial charge in [-0.25, -0.2) is 5.43 Å². The van der Waals surface area contributed by atoms with Crippen LogP contribution < -0.4 is 15.1 Å². The molecule has 0 bridgehead atoms. The van der Waals surface area contributed by atoms with Gasteiger partial charge < -0.3 is 14.4 Å². The summed E-state index contributed by atoms with van der Waals surface area (Å²) in [6.45, 7) is 2.48. The second-order valence-corrected chi connectivity index (χ2v) is 7.20. The molecule has 0 saturated carbocycles. The second-order valence-electron chi connectivity index (χ2n) is 7.20. The molecule has 4 rings (SSSR count). The highest BCUT2D eigenvalue weighted by atomic mass is 16.6. The van der Waals surface area contributed by atoms with Crippen molar-refractivity contribution in [2.45, 2.75) is 0 Å². The largest absolute Gasteiger partial charge is 0.496 e. The van der Waals surface area contributed by atoms with Gasteiger partial charge >= 0.3 is 0 Å². The van der Waals surface area contributed by atoms with E-state index in [4.69, 9.17) is 9.47 Å². The lowest BCUT2D eigenvalue weighted by Crippen LogP contribution is -2.36. The predicted molar refractivity (Wildman–Crippen MR) is 122 cm³/mol. The summed E-state index contributed by atoms with van der Waals surface area (Å²) in [4.78, 5) is 25.6. The number of non-ortho nitro benzene ring substituents is 1. The number of carbonyl (C=O) groups is 1. The summed E-state index contributed by atoms with van der Waals surface area (Å²) in [5.41, 5.74) is 4.12. The topological polar surface area (TPSA) is 106 Å². The number of morpholine rings is 1. The molecule has 9 heteroatoms. The number of anilines is 1. The number of nitro groups is 1. The number of amides is 1. The Morgan fingerprint density at radius 1 is 1.16 bits per heavy atom. The number of rotatable bonds is 6. The molecule has 0 unspecified atom stereocenters. The molecule has 1 heterocycles. The van der Waals surface area contributed by atoms with Gasteiger partial charge in [0.25, 0.3) is 11.6 Å². The van der Waals surface area contributed by atoms with Crippen molar-refractivity contribution in [3.05, 3.63) is 75.8 Å². The molecule has 0 radical (unpaired) electrons. The van der Waals surface area contributed by atoms with Crippen LogP contribution in [0.3, 0.4) is 0 Å². The average Bonchev–Trinajstić information content (AvgIpc) is 2.83. The first kappa shape index (κ1) is 21.3. The van der Waals surface area contributed by atoms with E-state index in [1.54, 1.807) is 18.2 Å². The third kappa shape index (κ3) is 4.52. The van der Waals surface area contributed by atoms with Crippen LogP contribution >= 0.6 is 0 Å². The van der Waals surface area contributed by atoms with Crippen LogP contribution in [0.15, 0.2) is 59.7 Å². The van der Waals surface area contributed by atoms with Crippen molar-refractivity contribution in [3.8, 4) is 5.75 Å². The first-order valence-electron chi connectivity index (χ1n) is 10.1. The molecule has 32 heavy (non-hydrogen) atoms. The molecular formula is C23H22N4O5. The maximum absolute atomic E-state index is 12.8. The lowest BCUT2D eigenvalue weighted by Gasteiger charge is -2.29. The molecule has 0 atom stereocenters. The monoisotopic (exact) mass is 434 g/mol. The minimum atomic E-state index is -0.459. The Hall–Kier alpha value is -3.98. The fourth-order valence-electron chi connectivity index (χ4n) is 3.64. The van der Waals surface area contributed by atoms with E-state index in [0.717, 1.165) is 16.5 Å². The van der Waals surface area contributed by atoms with Gasteiger partial charge in [0.15, 0.2) is 0 Å². The van der Waals surface area contributed by atoms with E-state index in [1.165, 1.54) is 25.5 Å². The number of methoxy groups -OCH3 is 1. The molecule has 1 aliphatic rings. The molecule has 164 valence electrons. The van der Waals surface area contributed by atoms with Gasteiger partial charge in [-0.15, -0.1) is 0 Å². The molecule has 1 saturated heterocycles. The number of fused-ring (bicyclic) bond motifs is 1. The molecule has 1 aliphatic heterocycles. The standard InChI is InChI=1S/C23H22N4O5/c1-31-22-14-17-5-3-2-4-16(17)13-20(22)23(28)25-24-15-18-12-19(27(29)30)6-7-21(18)26-8-10-32-11-9-26/h2-7,12-15H,8-11H2,1H3,(H,25,28)/b24-15+. The van der Waals surface area contributed by atoms with Crippen molar-refractivity contribution < 1.29 is 19.2 Å². The average molecular weight is 434 g/mol. The van der Waals surface area contributed by atoms with Crippen molar-refractivity contribution in [2.75, 3.05) is 38.3 Å². The summed E-state index contributed by atoms with van der Waals surface area (Å²) in [6, 6.07) is 15.8. The van der Waals surface area contributed by atoms with Crippen molar-refractivity contribution in [1.29, 1.82) is 0 Å². The Morgan fingerprint density at radius 3 is 2.56 bits per heavy atom. The first-order chi connectivity index (χ1) is 15.6. The number of benzene rings is 3. The minimum absolute atomic E-state index is 0.0500. The zero-order valence-electron chi connectivity index (χ0n) is 17.5. The quantitative estimate of drug-likeness (QED) is 0.362. The highest BCUT2D eigenvalue weighted by molar-refractivity contribution is 6.02. The lowest BCUT2D eigenvalue weighted by molar-refractivity contribution is -0.384. The van der Waals surface area contributed by atoms with Gasteiger partial charge in [-0.2, -0.15) is 5.10 Å². The number of hydrazone groups is 1. The molecule has 0 spiro atoms. The Bertz CT molecular complexity index is 1190. The van der Waals surface area contributed by atoms with Crippen LogP contribution in [-0.4, -0.2) is 50.5 Å².